The Hall–Kier alpha value is -2.50. The van der Waals surface area contributed by atoms with Crippen molar-refractivity contribution in [2.45, 2.75) is 0 Å². The predicted octanol–water partition coefficient (Wildman–Crippen LogP) is 1.37. The molecule has 0 unspecified atom stereocenters. The molecule has 0 atom stereocenters. The molecule has 1 amide bonds. The lowest BCUT2D eigenvalue weighted by atomic mass is 10.4. The summed E-state index contributed by atoms with van der Waals surface area (Å²) in [5, 5.41) is 0. The first-order valence-electron chi connectivity index (χ1n) is 4.36. The van der Waals surface area contributed by atoms with E-state index in [4.69, 9.17) is 8.83 Å². The maximum atomic E-state index is 11.3. The molecule has 0 fully saturated rings. The van der Waals surface area contributed by atoms with E-state index in [9.17, 15) is 9.59 Å². The number of hydroxylamine groups is 1. The van der Waals surface area contributed by atoms with Crippen LogP contribution in [-0.2, 0) is 4.84 Å². The minimum Gasteiger partial charge on any atom is -0.459 e. The molecule has 0 aliphatic heterocycles. The molecule has 2 aromatic heterocycles. The zero-order valence-electron chi connectivity index (χ0n) is 8.01. The second-order valence-electron chi connectivity index (χ2n) is 2.78. The quantitative estimate of drug-likeness (QED) is 0.774. The van der Waals surface area contributed by atoms with Crippen molar-refractivity contribution in [3.8, 4) is 0 Å². The molecule has 1 N–H and O–H groups in total. The number of carbonyl (C=O) groups excluding carboxylic acids is 2. The summed E-state index contributed by atoms with van der Waals surface area (Å²) < 4.78 is 9.56. The van der Waals surface area contributed by atoms with Gasteiger partial charge in [-0.3, -0.25) is 4.79 Å². The standard InChI is InChI=1S/C10H7NO5/c12-9(7-3-1-5-14-7)11-16-10(13)8-4-2-6-15-8/h1-6H,(H,11,12). The Labute approximate surface area is 89.7 Å². The van der Waals surface area contributed by atoms with Gasteiger partial charge in [-0.1, -0.05) is 0 Å². The number of furan rings is 2. The molecular weight excluding hydrogens is 214 g/mol. The molecule has 6 heteroatoms. The maximum Gasteiger partial charge on any atom is 0.398 e. The van der Waals surface area contributed by atoms with E-state index in [1.165, 1.54) is 30.7 Å². The van der Waals surface area contributed by atoms with Gasteiger partial charge >= 0.3 is 11.9 Å². The van der Waals surface area contributed by atoms with Crippen molar-refractivity contribution < 1.29 is 23.3 Å². The lowest BCUT2D eigenvalue weighted by molar-refractivity contribution is 0.0191. The van der Waals surface area contributed by atoms with Crippen molar-refractivity contribution in [2.24, 2.45) is 0 Å². The maximum absolute atomic E-state index is 11.3. The normalized spacial score (nSPS) is 9.75. The highest BCUT2D eigenvalue weighted by Gasteiger charge is 2.14. The third kappa shape index (κ3) is 2.11. The van der Waals surface area contributed by atoms with Crippen LogP contribution in [0.15, 0.2) is 45.6 Å². The lowest BCUT2D eigenvalue weighted by Crippen LogP contribution is -2.26. The molecule has 2 rings (SSSR count). The molecule has 16 heavy (non-hydrogen) atoms. The molecule has 0 aliphatic rings. The third-order valence-electron chi connectivity index (χ3n) is 1.70. The van der Waals surface area contributed by atoms with Crippen LogP contribution in [0.2, 0.25) is 0 Å². The Morgan fingerprint density at radius 1 is 1.06 bits per heavy atom. The minimum absolute atomic E-state index is 0.000236. The highest BCUT2D eigenvalue weighted by atomic mass is 16.7. The largest absolute Gasteiger partial charge is 0.459 e. The molecule has 0 saturated carbocycles. The summed E-state index contributed by atoms with van der Waals surface area (Å²) in [6.45, 7) is 0. The zero-order valence-corrected chi connectivity index (χ0v) is 8.01. The Bertz CT molecular complexity index is 425. The first kappa shape index (κ1) is 10.0. The van der Waals surface area contributed by atoms with Crippen LogP contribution in [0.1, 0.15) is 21.1 Å². The van der Waals surface area contributed by atoms with Gasteiger partial charge in [-0.15, -0.1) is 0 Å². The van der Waals surface area contributed by atoms with Crippen LogP contribution in [0.5, 0.6) is 0 Å². The van der Waals surface area contributed by atoms with Crippen LogP contribution < -0.4 is 5.48 Å². The van der Waals surface area contributed by atoms with Gasteiger partial charge in [0.1, 0.15) is 0 Å². The van der Waals surface area contributed by atoms with Crippen molar-refractivity contribution in [3.05, 3.63) is 48.3 Å². The average Bonchev–Trinajstić information content (AvgIpc) is 2.95. The van der Waals surface area contributed by atoms with Crippen molar-refractivity contribution in [3.63, 3.8) is 0 Å². The lowest BCUT2D eigenvalue weighted by Gasteiger charge is -2.01. The van der Waals surface area contributed by atoms with E-state index in [0.29, 0.717) is 0 Å². The molecule has 2 heterocycles. The van der Waals surface area contributed by atoms with Crippen LogP contribution >= 0.6 is 0 Å². The van der Waals surface area contributed by atoms with E-state index in [0.717, 1.165) is 0 Å². The van der Waals surface area contributed by atoms with E-state index in [1.54, 1.807) is 6.07 Å². The Morgan fingerprint density at radius 3 is 2.25 bits per heavy atom. The van der Waals surface area contributed by atoms with Crippen LogP contribution in [0.25, 0.3) is 0 Å². The summed E-state index contributed by atoms with van der Waals surface area (Å²) in [7, 11) is 0. The van der Waals surface area contributed by atoms with E-state index in [-0.39, 0.29) is 11.5 Å². The van der Waals surface area contributed by atoms with Gasteiger partial charge in [0.15, 0.2) is 5.76 Å². The van der Waals surface area contributed by atoms with Crippen LogP contribution in [0.3, 0.4) is 0 Å². The van der Waals surface area contributed by atoms with Gasteiger partial charge in [0.2, 0.25) is 5.76 Å². The van der Waals surface area contributed by atoms with E-state index >= 15 is 0 Å². The summed E-state index contributed by atoms with van der Waals surface area (Å²) in [6, 6.07) is 5.94. The molecule has 0 spiro atoms. The van der Waals surface area contributed by atoms with Gasteiger partial charge < -0.3 is 13.7 Å². The smallest absolute Gasteiger partial charge is 0.398 e. The molecule has 2 aromatic rings. The number of hydrogen-bond acceptors (Lipinski definition) is 5. The SMILES string of the molecule is O=C(NOC(=O)c1ccco1)c1ccco1. The number of hydrogen-bond donors (Lipinski definition) is 1. The van der Waals surface area contributed by atoms with E-state index in [1.807, 2.05) is 5.48 Å². The summed E-state index contributed by atoms with van der Waals surface area (Å²) in [6.07, 6.45) is 2.66. The molecule has 82 valence electrons. The second kappa shape index (κ2) is 4.35. The fourth-order valence-electron chi connectivity index (χ4n) is 0.996. The molecule has 0 aromatic carbocycles. The average molecular weight is 221 g/mol. The summed E-state index contributed by atoms with van der Waals surface area (Å²) >= 11 is 0. The zero-order chi connectivity index (χ0) is 11.4. The predicted molar refractivity (Wildman–Crippen MR) is 50.3 cm³/mol. The first-order valence-corrected chi connectivity index (χ1v) is 4.36. The Balaban J connectivity index is 1.89. The van der Waals surface area contributed by atoms with Crippen LogP contribution in [0.4, 0.5) is 0 Å². The van der Waals surface area contributed by atoms with Gasteiger partial charge in [0.25, 0.3) is 0 Å². The van der Waals surface area contributed by atoms with Gasteiger partial charge in [0, 0.05) is 0 Å². The third-order valence-corrected chi connectivity index (χ3v) is 1.70. The minimum atomic E-state index is -0.787. The van der Waals surface area contributed by atoms with Gasteiger partial charge in [0.05, 0.1) is 12.5 Å². The fraction of sp³-hybridized carbons (Fsp3) is 0. The molecule has 0 aliphatic carbocycles. The topological polar surface area (TPSA) is 81.7 Å². The first-order chi connectivity index (χ1) is 7.77. The number of nitrogens with one attached hydrogen (secondary N) is 1. The molecule has 6 nitrogen and oxygen atoms in total. The van der Waals surface area contributed by atoms with Crippen molar-refractivity contribution in [1.29, 1.82) is 0 Å². The Morgan fingerprint density at radius 2 is 1.69 bits per heavy atom. The number of rotatable bonds is 2. The van der Waals surface area contributed by atoms with Gasteiger partial charge in [-0.25, -0.2) is 4.79 Å². The highest BCUT2D eigenvalue weighted by Crippen LogP contribution is 2.02. The molecule has 0 bridgehead atoms. The molecule has 0 saturated heterocycles. The monoisotopic (exact) mass is 221 g/mol. The molecule has 0 radical (unpaired) electrons. The van der Waals surface area contributed by atoms with Crippen molar-refractivity contribution in [2.75, 3.05) is 0 Å². The van der Waals surface area contributed by atoms with E-state index in [2.05, 4.69) is 4.84 Å². The van der Waals surface area contributed by atoms with Gasteiger partial charge in [-0.05, 0) is 24.3 Å². The summed E-state index contributed by atoms with van der Waals surface area (Å²) in [4.78, 5) is 27.0. The van der Waals surface area contributed by atoms with E-state index < -0.39 is 11.9 Å². The summed E-state index contributed by atoms with van der Waals surface area (Å²) in [5.74, 6) is -1.39. The molecular formula is C10H7NO5. The number of carbonyl (C=O) groups is 2. The van der Waals surface area contributed by atoms with Crippen molar-refractivity contribution in [1.82, 2.24) is 5.48 Å². The second-order valence-corrected chi connectivity index (χ2v) is 2.78. The number of amides is 1. The van der Waals surface area contributed by atoms with Crippen molar-refractivity contribution >= 4 is 11.9 Å². The van der Waals surface area contributed by atoms with Gasteiger partial charge in [-0.2, -0.15) is 5.48 Å². The van der Waals surface area contributed by atoms with Crippen LogP contribution in [-0.4, -0.2) is 11.9 Å². The summed E-state index contributed by atoms with van der Waals surface area (Å²) in [5.41, 5.74) is 1.93. The van der Waals surface area contributed by atoms with Crippen LogP contribution in [0, 0.1) is 0 Å². The Kier molecular flexibility index (Phi) is 2.73. The fourth-order valence-corrected chi connectivity index (χ4v) is 0.996. The highest BCUT2D eigenvalue weighted by molar-refractivity contribution is 5.93.